The maximum atomic E-state index is 13.0. The predicted octanol–water partition coefficient (Wildman–Crippen LogP) is 4.37. The molecule has 1 aromatic heterocycles. The summed E-state index contributed by atoms with van der Waals surface area (Å²) in [5, 5.41) is 5.70. The van der Waals surface area contributed by atoms with Gasteiger partial charge in [-0.05, 0) is 76.8 Å². The molecule has 3 aromatic carbocycles. The van der Waals surface area contributed by atoms with Gasteiger partial charge in [0, 0.05) is 22.3 Å². The van der Waals surface area contributed by atoms with E-state index in [2.05, 4.69) is 20.6 Å². The summed E-state index contributed by atoms with van der Waals surface area (Å²) in [5.74, 6) is 0.153. The molecule has 1 amide bonds. The Bertz CT molecular complexity index is 1480. The molecule has 0 aliphatic rings. The summed E-state index contributed by atoms with van der Waals surface area (Å²) in [6.45, 7) is 0. The number of carbonyl (C=O) groups excluding carboxylic acids is 1. The van der Waals surface area contributed by atoms with Gasteiger partial charge in [0.1, 0.15) is 11.6 Å². The van der Waals surface area contributed by atoms with Crippen molar-refractivity contribution < 1.29 is 22.7 Å². The number of hydrogen-bond acceptors (Lipinski definition) is 6. The number of methoxy groups -OCH3 is 1. The van der Waals surface area contributed by atoms with E-state index >= 15 is 0 Å². The number of carbonyl (C=O) groups is 1. The Balaban J connectivity index is 1.37. The van der Waals surface area contributed by atoms with E-state index in [0.717, 1.165) is 16.7 Å². The lowest BCUT2D eigenvalue weighted by Crippen LogP contribution is -2.22. The summed E-state index contributed by atoms with van der Waals surface area (Å²) >= 11 is -2.38. The molecule has 9 nitrogen and oxygen atoms in total. The molecular formula is C27H23FN5O4S-. The van der Waals surface area contributed by atoms with Crippen LogP contribution in [0.15, 0.2) is 94.9 Å². The summed E-state index contributed by atoms with van der Waals surface area (Å²) in [7, 11) is 1.42. The molecule has 4 N–H and O–H groups in total. The smallest absolute Gasteiger partial charge is 0.228 e. The molecule has 1 heterocycles. The normalized spacial score (nSPS) is 12.0. The second-order valence-electron chi connectivity index (χ2n) is 8.05. The molecular weight excluding hydrogens is 509 g/mol. The van der Waals surface area contributed by atoms with E-state index in [9.17, 15) is 17.9 Å². The van der Waals surface area contributed by atoms with Crippen molar-refractivity contribution in [3.63, 3.8) is 0 Å². The average molecular weight is 533 g/mol. The second-order valence-corrected chi connectivity index (χ2v) is 8.99. The van der Waals surface area contributed by atoms with Gasteiger partial charge in [-0.2, -0.15) is 4.99 Å². The zero-order chi connectivity index (χ0) is 27.1. The van der Waals surface area contributed by atoms with Crippen molar-refractivity contribution in [1.29, 1.82) is 0 Å². The Morgan fingerprint density at radius 1 is 1.03 bits per heavy atom. The molecule has 0 aliphatic heterocycles. The number of rotatable bonds is 8. The van der Waals surface area contributed by atoms with Gasteiger partial charge < -0.3 is 25.7 Å². The van der Waals surface area contributed by atoms with Crippen molar-refractivity contribution in [1.82, 2.24) is 4.98 Å². The van der Waals surface area contributed by atoms with Gasteiger partial charge in [-0.3, -0.25) is 9.00 Å². The Morgan fingerprint density at radius 3 is 2.37 bits per heavy atom. The van der Waals surface area contributed by atoms with Crippen molar-refractivity contribution in [3.05, 3.63) is 96.4 Å². The van der Waals surface area contributed by atoms with E-state index in [-0.39, 0.29) is 29.0 Å². The monoisotopic (exact) mass is 532 g/mol. The lowest BCUT2D eigenvalue weighted by atomic mass is 10.1. The zero-order valence-corrected chi connectivity index (χ0v) is 21.0. The first kappa shape index (κ1) is 26.5. The molecule has 0 fully saturated rings. The van der Waals surface area contributed by atoms with Gasteiger partial charge in [0.15, 0.2) is 11.8 Å². The third-order valence-electron chi connectivity index (χ3n) is 5.39. The molecule has 0 radical (unpaired) electrons. The highest BCUT2D eigenvalue weighted by Gasteiger charge is 2.08. The number of amides is 1. The van der Waals surface area contributed by atoms with Crippen LogP contribution in [-0.2, 0) is 22.3 Å². The number of nitrogens with zero attached hydrogens (tertiary/aromatic N) is 2. The Hall–Kier alpha value is -4.61. The number of benzene rings is 3. The van der Waals surface area contributed by atoms with Crippen LogP contribution in [0.2, 0.25) is 0 Å². The molecule has 4 aromatic rings. The van der Waals surface area contributed by atoms with Crippen molar-refractivity contribution >= 4 is 40.1 Å². The minimum atomic E-state index is -2.38. The second kappa shape index (κ2) is 12.1. The van der Waals surface area contributed by atoms with Gasteiger partial charge in [0.25, 0.3) is 0 Å². The Kier molecular flexibility index (Phi) is 8.41. The zero-order valence-electron chi connectivity index (χ0n) is 20.2. The van der Waals surface area contributed by atoms with Gasteiger partial charge in [-0.15, -0.1) is 0 Å². The number of guanidine groups is 1. The average Bonchev–Trinajstić information content (AvgIpc) is 2.91. The lowest BCUT2D eigenvalue weighted by molar-refractivity contribution is -0.115. The van der Waals surface area contributed by atoms with E-state index < -0.39 is 11.1 Å². The fourth-order valence-electron chi connectivity index (χ4n) is 3.53. The van der Waals surface area contributed by atoms with Crippen LogP contribution in [0.1, 0.15) is 5.56 Å². The first-order chi connectivity index (χ1) is 18.3. The van der Waals surface area contributed by atoms with Crippen LogP contribution in [0.3, 0.4) is 0 Å². The highest BCUT2D eigenvalue weighted by Crippen LogP contribution is 2.27. The molecule has 194 valence electrons. The van der Waals surface area contributed by atoms with Crippen LogP contribution in [0.5, 0.6) is 5.75 Å². The van der Waals surface area contributed by atoms with Crippen molar-refractivity contribution in [2.24, 2.45) is 10.7 Å². The van der Waals surface area contributed by atoms with Crippen molar-refractivity contribution in [2.45, 2.75) is 11.3 Å². The van der Waals surface area contributed by atoms with Crippen molar-refractivity contribution in [3.8, 4) is 16.9 Å². The number of aromatic nitrogens is 1. The quantitative estimate of drug-likeness (QED) is 0.174. The maximum absolute atomic E-state index is 13.0. The fraction of sp³-hybridized carbons (Fsp3) is 0.0741. The fourth-order valence-corrected chi connectivity index (χ4v) is 3.91. The van der Waals surface area contributed by atoms with Gasteiger partial charge in [0.2, 0.25) is 5.91 Å². The largest absolute Gasteiger partial charge is 0.768 e. The molecule has 1 unspecified atom stereocenters. The molecule has 1 atom stereocenters. The number of aliphatic imine (C=N–C) groups is 1. The minimum Gasteiger partial charge on any atom is -0.768 e. The van der Waals surface area contributed by atoms with E-state index in [0.29, 0.717) is 22.9 Å². The molecule has 0 bridgehead atoms. The first-order valence-corrected chi connectivity index (χ1v) is 12.4. The van der Waals surface area contributed by atoms with Crippen LogP contribution < -0.4 is 21.1 Å². The van der Waals surface area contributed by atoms with Crippen LogP contribution in [-0.4, -0.2) is 32.7 Å². The topological polar surface area (TPSA) is 142 Å². The lowest BCUT2D eigenvalue weighted by Gasteiger charge is -2.13. The summed E-state index contributed by atoms with van der Waals surface area (Å²) in [4.78, 5) is 20.9. The number of anilines is 2. The number of nitrogens with two attached hydrogens (primary N) is 1. The predicted molar refractivity (Wildman–Crippen MR) is 143 cm³/mol. The number of nitrogens with one attached hydrogen (secondary N) is 2. The summed E-state index contributed by atoms with van der Waals surface area (Å²) in [6.07, 6.45) is 1.79. The number of halogens is 1. The Morgan fingerprint density at radius 2 is 1.74 bits per heavy atom. The van der Waals surface area contributed by atoms with Gasteiger partial charge in [0.05, 0.1) is 19.2 Å². The highest BCUT2D eigenvalue weighted by molar-refractivity contribution is 7.79. The SMILES string of the molecule is COc1cc(S(=O)[O-])ccc1NC(N)=Nc1ccc(-c2ccc(NC(=O)Cc3ccc(F)cc3)cc2)cn1. The Labute approximate surface area is 220 Å². The molecule has 4 rings (SSSR count). The standard InChI is InChI=1S/C27H24FN5O4S/c1-37-24-15-22(38(35)36)11-12-23(24)32-27(29)33-25-13-6-19(16-30-25)18-4-9-21(10-5-18)31-26(34)14-17-2-7-20(28)8-3-17/h2-13,15-16H,14H2,1H3,(H,31,34)(H,35,36)(H3,29,30,32,33)/p-1. The number of pyridine rings is 1. The van der Waals surface area contributed by atoms with Crippen LogP contribution in [0.4, 0.5) is 21.6 Å². The molecule has 0 aliphatic carbocycles. The summed E-state index contributed by atoms with van der Waals surface area (Å²) < 4.78 is 40.5. The van der Waals surface area contributed by atoms with E-state index in [4.69, 9.17) is 10.5 Å². The third-order valence-corrected chi connectivity index (χ3v) is 6.03. The van der Waals surface area contributed by atoms with Crippen LogP contribution in [0, 0.1) is 5.82 Å². The third kappa shape index (κ3) is 6.99. The molecule has 0 saturated carbocycles. The molecule has 0 saturated heterocycles. The van der Waals surface area contributed by atoms with Gasteiger partial charge in [-0.25, -0.2) is 9.37 Å². The molecule has 38 heavy (non-hydrogen) atoms. The van der Waals surface area contributed by atoms with Crippen molar-refractivity contribution in [2.75, 3.05) is 17.7 Å². The van der Waals surface area contributed by atoms with Gasteiger partial charge in [-0.1, -0.05) is 24.3 Å². The first-order valence-electron chi connectivity index (χ1n) is 11.3. The number of ether oxygens (including phenoxy) is 1. The van der Waals surface area contributed by atoms with Gasteiger partial charge >= 0.3 is 0 Å². The van der Waals surface area contributed by atoms with E-state index in [1.165, 1.54) is 37.4 Å². The molecule has 11 heteroatoms. The molecule has 0 spiro atoms. The summed E-state index contributed by atoms with van der Waals surface area (Å²) in [5.41, 5.74) is 9.52. The van der Waals surface area contributed by atoms with Crippen LogP contribution >= 0.6 is 0 Å². The minimum absolute atomic E-state index is 0.0419. The summed E-state index contributed by atoms with van der Waals surface area (Å²) in [6, 6.07) is 20.9. The van der Waals surface area contributed by atoms with Crippen LogP contribution in [0.25, 0.3) is 11.1 Å². The van der Waals surface area contributed by atoms with E-state index in [1.807, 2.05) is 18.2 Å². The number of hydrogen-bond donors (Lipinski definition) is 3. The maximum Gasteiger partial charge on any atom is 0.228 e. The van der Waals surface area contributed by atoms with E-state index in [1.54, 1.807) is 36.5 Å². The highest BCUT2D eigenvalue weighted by atomic mass is 32.2.